The number of hydrogen-bond acceptors (Lipinski definition) is 3. The summed E-state index contributed by atoms with van der Waals surface area (Å²) < 4.78 is 1.67. The minimum absolute atomic E-state index is 0.0341. The quantitative estimate of drug-likeness (QED) is 0.806. The molecular formula is C18H18N4O. The highest BCUT2D eigenvalue weighted by atomic mass is 16.2. The van der Waals surface area contributed by atoms with Gasteiger partial charge >= 0.3 is 0 Å². The van der Waals surface area contributed by atoms with Crippen LogP contribution in [0, 0.1) is 12.8 Å². The number of rotatable bonds is 4. The van der Waals surface area contributed by atoms with Gasteiger partial charge < -0.3 is 5.32 Å². The molecule has 1 N–H and O–H groups in total. The molecule has 0 spiro atoms. The van der Waals surface area contributed by atoms with Crippen molar-refractivity contribution in [2.24, 2.45) is 5.92 Å². The van der Waals surface area contributed by atoms with Crippen molar-refractivity contribution in [1.29, 1.82) is 0 Å². The normalized spacial score (nSPS) is 15.5. The molecule has 0 unspecified atom stereocenters. The molecule has 0 radical (unpaired) electrons. The molecule has 5 heteroatoms. The van der Waals surface area contributed by atoms with Crippen LogP contribution in [-0.2, 0) is 0 Å². The molecule has 1 fully saturated rings. The predicted molar refractivity (Wildman–Crippen MR) is 87.1 cm³/mol. The molecule has 3 heterocycles. The molecule has 3 aromatic heterocycles. The van der Waals surface area contributed by atoms with E-state index < -0.39 is 0 Å². The van der Waals surface area contributed by atoms with Crippen molar-refractivity contribution in [1.82, 2.24) is 19.9 Å². The van der Waals surface area contributed by atoms with Crippen molar-refractivity contribution in [2.75, 3.05) is 0 Å². The van der Waals surface area contributed by atoms with Gasteiger partial charge in [0.25, 0.3) is 5.91 Å². The Morgan fingerprint density at radius 1 is 1.26 bits per heavy atom. The van der Waals surface area contributed by atoms with E-state index in [-0.39, 0.29) is 11.9 Å². The summed E-state index contributed by atoms with van der Waals surface area (Å²) in [5, 5.41) is 7.39. The summed E-state index contributed by atoms with van der Waals surface area (Å²) in [6.45, 7) is 2.04. The Labute approximate surface area is 134 Å². The molecule has 1 saturated carbocycles. The molecule has 5 nitrogen and oxygen atoms in total. The van der Waals surface area contributed by atoms with Crippen LogP contribution in [0.1, 0.15) is 40.6 Å². The maximum atomic E-state index is 12.8. The van der Waals surface area contributed by atoms with Crippen LogP contribution >= 0.6 is 0 Å². The lowest BCUT2D eigenvalue weighted by Crippen LogP contribution is -2.32. The lowest BCUT2D eigenvalue weighted by Gasteiger charge is -2.18. The highest BCUT2D eigenvalue weighted by molar-refractivity contribution is 5.93. The zero-order valence-electron chi connectivity index (χ0n) is 12.9. The molecule has 1 aliphatic carbocycles. The third-order valence-corrected chi connectivity index (χ3v) is 4.29. The number of amides is 1. The highest BCUT2D eigenvalue weighted by Crippen LogP contribution is 2.40. The van der Waals surface area contributed by atoms with Gasteiger partial charge in [-0.1, -0.05) is 6.07 Å². The summed E-state index contributed by atoms with van der Waals surface area (Å²) in [7, 11) is 0. The van der Waals surface area contributed by atoms with Crippen molar-refractivity contribution < 1.29 is 4.79 Å². The molecular weight excluding hydrogens is 288 g/mol. The van der Waals surface area contributed by atoms with Crippen molar-refractivity contribution in [3.05, 3.63) is 65.7 Å². The average Bonchev–Trinajstić information content (AvgIpc) is 3.28. The molecule has 1 aliphatic rings. The Morgan fingerprint density at radius 2 is 2.13 bits per heavy atom. The van der Waals surface area contributed by atoms with Gasteiger partial charge in [0.1, 0.15) is 5.69 Å². The summed E-state index contributed by atoms with van der Waals surface area (Å²) in [6.07, 6.45) is 5.77. The fourth-order valence-electron chi connectivity index (χ4n) is 2.93. The van der Waals surface area contributed by atoms with Crippen molar-refractivity contribution >= 4 is 11.4 Å². The van der Waals surface area contributed by atoms with E-state index >= 15 is 0 Å². The largest absolute Gasteiger partial charge is 0.342 e. The van der Waals surface area contributed by atoms with Gasteiger partial charge in [0.2, 0.25) is 0 Å². The van der Waals surface area contributed by atoms with Gasteiger partial charge in [-0.05, 0) is 61.6 Å². The maximum Gasteiger partial charge on any atom is 0.270 e. The minimum Gasteiger partial charge on any atom is -0.342 e. The molecule has 4 rings (SSSR count). The van der Waals surface area contributed by atoms with Gasteiger partial charge in [-0.25, -0.2) is 4.52 Å². The molecule has 23 heavy (non-hydrogen) atoms. The second-order valence-corrected chi connectivity index (χ2v) is 6.13. The van der Waals surface area contributed by atoms with Crippen molar-refractivity contribution in [2.45, 2.75) is 25.8 Å². The van der Waals surface area contributed by atoms with E-state index in [4.69, 9.17) is 0 Å². The molecule has 116 valence electrons. The van der Waals surface area contributed by atoms with Crippen LogP contribution in [0.15, 0.2) is 48.8 Å². The first kappa shape index (κ1) is 13.9. The Morgan fingerprint density at radius 3 is 2.91 bits per heavy atom. The third-order valence-electron chi connectivity index (χ3n) is 4.29. The van der Waals surface area contributed by atoms with E-state index in [9.17, 15) is 4.79 Å². The number of hydrogen-bond donors (Lipinski definition) is 1. The maximum absolute atomic E-state index is 12.8. The van der Waals surface area contributed by atoms with Gasteiger partial charge in [0.05, 0.1) is 23.4 Å². The van der Waals surface area contributed by atoms with E-state index in [0.717, 1.165) is 29.6 Å². The summed E-state index contributed by atoms with van der Waals surface area (Å²) in [5.41, 5.74) is 3.55. The van der Waals surface area contributed by atoms with E-state index in [1.165, 1.54) is 0 Å². The topological polar surface area (TPSA) is 59.3 Å². The molecule has 1 atom stereocenters. The van der Waals surface area contributed by atoms with Gasteiger partial charge in [0.15, 0.2) is 0 Å². The number of carbonyl (C=O) groups is 1. The number of aryl methyl sites for hydroxylation is 1. The minimum atomic E-state index is -0.112. The van der Waals surface area contributed by atoms with Crippen molar-refractivity contribution in [3.63, 3.8) is 0 Å². The van der Waals surface area contributed by atoms with Crippen LogP contribution < -0.4 is 5.32 Å². The number of aromatic nitrogens is 3. The number of fused-ring (bicyclic) bond motifs is 1. The number of nitrogens with zero attached hydrogens (tertiary/aromatic N) is 3. The van der Waals surface area contributed by atoms with Crippen LogP contribution in [0.3, 0.4) is 0 Å². The first-order valence-corrected chi connectivity index (χ1v) is 7.88. The SMILES string of the molecule is Cc1ccnc([C@@H](NC(=O)c2cccc3ccnn23)C2CC2)c1. The van der Waals surface area contributed by atoms with E-state index in [0.29, 0.717) is 11.6 Å². The number of nitrogens with one attached hydrogen (secondary N) is 1. The summed E-state index contributed by atoms with van der Waals surface area (Å²) in [6, 6.07) is 11.5. The van der Waals surface area contributed by atoms with Gasteiger partial charge in [-0.15, -0.1) is 0 Å². The fraction of sp³-hybridized carbons (Fsp3) is 0.278. The molecule has 0 aromatic carbocycles. The number of pyridine rings is 2. The summed E-state index contributed by atoms with van der Waals surface area (Å²) >= 11 is 0. The smallest absolute Gasteiger partial charge is 0.270 e. The fourth-order valence-corrected chi connectivity index (χ4v) is 2.93. The summed E-state index contributed by atoms with van der Waals surface area (Å²) in [4.78, 5) is 17.2. The average molecular weight is 306 g/mol. The van der Waals surface area contributed by atoms with E-state index in [2.05, 4.69) is 21.5 Å². The van der Waals surface area contributed by atoms with Gasteiger partial charge in [0, 0.05) is 6.20 Å². The Hall–Kier alpha value is -2.69. The molecule has 1 amide bonds. The molecule has 0 saturated heterocycles. The summed E-state index contributed by atoms with van der Waals surface area (Å²) in [5.74, 6) is 0.365. The first-order valence-electron chi connectivity index (χ1n) is 7.88. The Balaban J connectivity index is 1.64. The van der Waals surface area contributed by atoms with Crippen LogP contribution in [-0.4, -0.2) is 20.5 Å². The van der Waals surface area contributed by atoms with E-state index in [1.807, 2.05) is 31.2 Å². The second kappa shape index (κ2) is 5.50. The molecule has 0 bridgehead atoms. The lowest BCUT2D eigenvalue weighted by atomic mass is 10.1. The molecule has 0 aliphatic heterocycles. The van der Waals surface area contributed by atoms with Crippen LogP contribution in [0.5, 0.6) is 0 Å². The predicted octanol–water partition coefficient (Wildman–Crippen LogP) is 2.92. The zero-order chi connectivity index (χ0) is 15.8. The standard InChI is InChI=1S/C18H18N4O/c1-12-7-9-19-15(11-12)17(13-5-6-13)21-18(23)16-4-2-3-14-8-10-20-22(14)16/h2-4,7-11,13,17H,5-6H2,1H3,(H,21,23)/t17-/m0/s1. The Kier molecular flexibility index (Phi) is 3.33. The van der Waals surface area contributed by atoms with Crippen molar-refractivity contribution in [3.8, 4) is 0 Å². The Bertz CT molecular complexity index is 866. The zero-order valence-corrected chi connectivity index (χ0v) is 12.9. The first-order chi connectivity index (χ1) is 11.2. The third kappa shape index (κ3) is 2.70. The van der Waals surface area contributed by atoms with E-state index in [1.54, 1.807) is 23.0 Å². The van der Waals surface area contributed by atoms with Crippen LogP contribution in [0.2, 0.25) is 0 Å². The highest BCUT2D eigenvalue weighted by Gasteiger charge is 2.34. The van der Waals surface area contributed by atoms with Gasteiger partial charge in [-0.2, -0.15) is 5.10 Å². The van der Waals surface area contributed by atoms with Crippen LogP contribution in [0.25, 0.3) is 5.52 Å². The number of carbonyl (C=O) groups excluding carboxylic acids is 1. The monoisotopic (exact) mass is 306 g/mol. The van der Waals surface area contributed by atoms with Gasteiger partial charge in [-0.3, -0.25) is 9.78 Å². The molecule has 3 aromatic rings. The second-order valence-electron chi connectivity index (χ2n) is 6.13. The lowest BCUT2D eigenvalue weighted by molar-refractivity contribution is 0.0923. The van der Waals surface area contributed by atoms with Crippen LogP contribution in [0.4, 0.5) is 0 Å².